The summed E-state index contributed by atoms with van der Waals surface area (Å²) < 4.78 is 18.1. The molecule has 2 rings (SSSR count). The summed E-state index contributed by atoms with van der Waals surface area (Å²) in [5.74, 6) is 0.812. The van der Waals surface area contributed by atoms with Gasteiger partial charge in [-0.05, 0) is 31.2 Å². The minimum Gasteiger partial charge on any atom is -0.446 e. The molecule has 2 aromatic rings. The molecular formula is C14H15FN2O2. The molecule has 0 saturated carbocycles. The van der Waals surface area contributed by atoms with Gasteiger partial charge < -0.3 is 9.73 Å². The third-order valence-electron chi connectivity index (χ3n) is 2.74. The van der Waals surface area contributed by atoms with E-state index in [1.54, 1.807) is 6.92 Å². The van der Waals surface area contributed by atoms with Crippen LogP contribution in [0.2, 0.25) is 0 Å². The van der Waals surface area contributed by atoms with Crippen molar-refractivity contribution >= 4 is 5.91 Å². The van der Waals surface area contributed by atoms with Crippen molar-refractivity contribution < 1.29 is 13.6 Å². The summed E-state index contributed by atoms with van der Waals surface area (Å²) in [7, 11) is 0. The maximum Gasteiger partial charge on any atom is 0.251 e. The molecule has 5 heteroatoms. The zero-order valence-electron chi connectivity index (χ0n) is 10.9. The summed E-state index contributed by atoms with van der Waals surface area (Å²) in [6.45, 7) is 4.10. The van der Waals surface area contributed by atoms with Gasteiger partial charge in [0.05, 0.1) is 5.69 Å². The highest BCUT2D eigenvalue weighted by atomic mass is 19.1. The van der Waals surface area contributed by atoms with Gasteiger partial charge in [-0.15, -0.1) is 0 Å². The Balaban J connectivity index is 1.87. The zero-order chi connectivity index (χ0) is 13.8. The summed E-state index contributed by atoms with van der Waals surface area (Å²) in [6, 6.07) is 5.43. The Hall–Kier alpha value is -2.17. The molecule has 1 aromatic carbocycles. The molecule has 0 saturated heterocycles. The number of aromatic nitrogens is 1. The topological polar surface area (TPSA) is 55.1 Å². The first-order chi connectivity index (χ1) is 9.06. The van der Waals surface area contributed by atoms with E-state index < -0.39 is 0 Å². The first-order valence-corrected chi connectivity index (χ1v) is 6.03. The lowest BCUT2D eigenvalue weighted by Crippen LogP contribution is -2.25. The summed E-state index contributed by atoms with van der Waals surface area (Å²) in [5, 5.41) is 2.75. The number of carbonyl (C=O) groups excluding carboxylic acids is 1. The van der Waals surface area contributed by atoms with E-state index in [9.17, 15) is 9.18 Å². The average Bonchev–Trinajstić information content (AvgIpc) is 2.68. The lowest BCUT2D eigenvalue weighted by atomic mass is 10.2. The van der Waals surface area contributed by atoms with Crippen LogP contribution in [0.5, 0.6) is 0 Å². The van der Waals surface area contributed by atoms with Crippen LogP contribution in [0.1, 0.15) is 27.7 Å². The number of carbonyl (C=O) groups is 1. The van der Waals surface area contributed by atoms with Crippen molar-refractivity contribution in [2.24, 2.45) is 0 Å². The number of nitrogens with one attached hydrogen (secondary N) is 1. The van der Waals surface area contributed by atoms with Crippen molar-refractivity contribution in [2.75, 3.05) is 6.54 Å². The second-order valence-electron chi connectivity index (χ2n) is 4.25. The average molecular weight is 262 g/mol. The van der Waals surface area contributed by atoms with Crippen LogP contribution in [0.4, 0.5) is 4.39 Å². The molecule has 0 aliphatic heterocycles. The SMILES string of the molecule is Cc1nc(C)c(CCNC(=O)c2ccc(F)cc2)o1. The molecule has 0 atom stereocenters. The van der Waals surface area contributed by atoms with E-state index in [2.05, 4.69) is 10.3 Å². The lowest BCUT2D eigenvalue weighted by Gasteiger charge is -2.04. The Morgan fingerprint density at radius 3 is 2.58 bits per heavy atom. The number of benzene rings is 1. The molecule has 100 valence electrons. The fraction of sp³-hybridized carbons (Fsp3) is 0.286. The maximum absolute atomic E-state index is 12.7. The monoisotopic (exact) mass is 262 g/mol. The third-order valence-corrected chi connectivity index (χ3v) is 2.74. The van der Waals surface area contributed by atoms with Crippen LogP contribution < -0.4 is 5.32 Å². The Kier molecular flexibility index (Phi) is 3.94. The molecule has 0 aliphatic rings. The number of aryl methyl sites for hydroxylation is 2. The Labute approximate surface area is 110 Å². The highest BCUT2D eigenvalue weighted by Crippen LogP contribution is 2.09. The van der Waals surface area contributed by atoms with Gasteiger partial charge in [-0.1, -0.05) is 0 Å². The van der Waals surface area contributed by atoms with Gasteiger partial charge in [0.2, 0.25) is 0 Å². The molecule has 0 spiro atoms. The molecule has 1 heterocycles. The minimum atomic E-state index is -0.357. The molecule has 19 heavy (non-hydrogen) atoms. The number of nitrogens with zero attached hydrogens (tertiary/aromatic N) is 1. The number of oxazole rings is 1. The predicted molar refractivity (Wildman–Crippen MR) is 68.4 cm³/mol. The Morgan fingerprint density at radius 1 is 1.32 bits per heavy atom. The fourth-order valence-corrected chi connectivity index (χ4v) is 1.80. The summed E-state index contributed by atoms with van der Waals surface area (Å²) >= 11 is 0. The van der Waals surface area contributed by atoms with Crippen LogP contribution >= 0.6 is 0 Å². The van der Waals surface area contributed by atoms with Crippen LogP contribution in [0.25, 0.3) is 0 Å². The van der Waals surface area contributed by atoms with Crippen molar-refractivity contribution in [3.8, 4) is 0 Å². The standard InChI is InChI=1S/C14H15FN2O2/c1-9-13(19-10(2)17-9)7-8-16-14(18)11-3-5-12(15)6-4-11/h3-6H,7-8H2,1-2H3,(H,16,18). The summed E-state index contributed by atoms with van der Waals surface area (Å²) in [5.41, 5.74) is 1.28. The molecule has 1 aromatic heterocycles. The molecule has 0 aliphatic carbocycles. The van der Waals surface area contributed by atoms with Gasteiger partial charge in [-0.3, -0.25) is 4.79 Å². The highest BCUT2D eigenvalue weighted by molar-refractivity contribution is 5.94. The fourth-order valence-electron chi connectivity index (χ4n) is 1.80. The maximum atomic E-state index is 12.7. The zero-order valence-corrected chi connectivity index (χ0v) is 10.9. The number of halogens is 1. The van der Waals surface area contributed by atoms with Crippen molar-refractivity contribution in [3.63, 3.8) is 0 Å². The molecule has 1 N–H and O–H groups in total. The van der Waals surface area contributed by atoms with Gasteiger partial charge in [-0.2, -0.15) is 0 Å². The first-order valence-electron chi connectivity index (χ1n) is 6.03. The first kappa shape index (κ1) is 13.3. The molecule has 0 unspecified atom stereocenters. The molecule has 0 bridgehead atoms. The molecule has 0 radical (unpaired) electrons. The number of rotatable bonds is 4. The van der Waals surface area contributed by atoms with Gasteiger partial charge >= 0.3 is 0 Å². The van der Waals surface area contributed by atoms with Gasteiger partial charge in [0.1, 0.15) is 11.6 Å². The van der Waals surface area contributed by atoms with Crippen molar-refractivity contribution in [1.82, 2.24) is 10.3 Å². The van der Waals surface area contributed by atoms with E-state index in [4.69, 9.17) is 4.42 Å². The van der Waals surface area contributed by atoms with Gasteiger partial charge in [0.15, 0.2) is 5.89 Å². The van der Waals surface area contributed by atoms with Crippen LogP contribution in [0.3, 0.4) is 0 Å². The van der Waals surface area contributed by atoms with Gasteiger partial charge in [0, 0.05) is 25.5 Å². The van der Waals surface area contributed by atoms with E-state index >= 15 is 0 Å². The molecule has 0 fully saturated rings. The summed E-state index contributed by atoms with van der Waals surface area (Å²) in [4.78, 5) is 15.9. The highest BCUT2D eigenvalue weighted by Gasteiger charge is 2.08. The quantitative estimate of drug-likeness (QED) is 0.920. The van der Waals surface area contributed by atoms with Crippen molar-refractivity contribution in [3.05, 3.63) is 53.0 Å². The Bertz CT molecular complexity index is 576. The largest absolute Gasteiger partial charge is 0.446 e. The van der Waals surface area contributed by atoms with E-state index in [0.29, 0.717) is 24.4 Å². The second-order valence-corrected chi connectivity index (χ2v) is 4.25. The van der Waals surface area contributed by atoms with Crippen LogP contribution in [0.15, 0.2) is 28.7 Å². The smallest absolute Gasteiger partial charge is 0.251 e. The van der Waals surface area contributed by atoms with Gasteiger partial charge in [-0.25, -0.2) is 9.37 Å². The number of amides is 1. The second kappa shape index (κ2) is 5.65. The van der Waals surface area contributed by atoms with Crippen LogP contribution in [-0.2, 0) is 6.42 Å². The van der Waals surface area contributed by atoms with Crippen LogP contribution in [0, 0.1) is 19.7 Å². The van der Waals surface area contributed by atoms with Crippen LogP contribution in [-0.4, -0.2) is 17.4 Å². The van der Waals surface area contributed by atoms with E-state index in [-0.39, 0.29) is 11.7 Å². The van der Waals surface area contributed by atoms with E-state index in [1.165, 1.54) is 24.3 Å². The minimum absolute atomic E-state index is 0.228. The normalized spacial score (nSPS) is 10.5. The predicted octanol–water partition coefficient (Wildman–Crippen LogP) is 2.40. The van der Waals surface area contributed by atoms with Crippen molar-refractivity contribution in [2.45, 2.75) is 20.3 Å². The summed E-state index contributed by atoms with van der Waals surface area (Å²) in [6.07, 6.45) is 0.583. The lowest BCUT2D eigenvalue weighted by molar-refractivity contribution is 0.0953. The van der Waals surface area contributed by atoms with E-state index in [0.717, 1.165) is 11.5 Å². The Morgan fingerprint density at radius 2 is 2.00 bits per heavy atom. The number of hydrogen-bond acceptors (Lipinski definition) is 3. The molecular weight excluding hydrogens is 247 g/mol. The van der Waals surface area contributed by atoms with Gasteiger partial charge in [0.25, 0.3) is 5.91 Å². The number of hydrogen-bond donors (Lipinski definition) is 1. The molecule has 4 nitrogen and oxygen atoms in total. The molecule has 1 amide bonds. The van der Waals surface area contributed by atoms with Crippen molar-refractivity contribution in [1.29, 1.82) is 0 Å². The van der Waals surface area contributed by atoms with E-state index in [1.807, 2.05) is 6.92 Å². The third kappa shape index (κ3) is 3.40.